The maximum atomic E-state index is 13.2. The lowest BCUT2D eigenvalue weighted by atomic mass is 10.1. The second-order valence-corrected chi connectivity index (χ2v) is 9.51. The Hall–Kier alpha value is -3.43. The summed E-state index contributed by atoms with van der Waals surface area (Å²) in [4.78, 5) is 38.5. The zero-order chi connectivity index (χ0) is 24.4. The standard InChI is InChI=1S/C25H20Br2N4O3/c1-14-5-3-8-20(15(14)2)29-23(32)22-12-16-11-18(27)9-10-21(16)31(22)30-25(34)24(33)28-19-7-4-6-17(26)13-19/h3-13H,1-2H3,(H,28,33)(H,29,32)(H,30,34). The van der Waals surface area contributed by atoms with Crippen LogP contribution in [0.3, 0.4) is 0 Å². The predicted octanol–water partition coefficient (Wildman–Crippen LogP) is 5.74. The average molecular weight is 584 g/mol. The largest absolute Gasteiger partial charge is 0.328 e. The Morgan fingerprint density at radius 2 is 1.53 bits per heavy atom. The van der Waals surface area contributed by atoms with Crippen molar-refractivity contribution in [1.82, 2.24) is 4.68 Å². The van der Waals surface area contributed by atoms with Gasteiger partial charge in [-0.25, -0.2) is 4.68 Å². The molecule has 4 aromatic rings. The van der Waals surface area contributed by atoms with Crippen molar-refractivity contribution >= 4 is 71.9 Å². The molecule has 0 aliphatic rings. The normalized spacial score (nSPS) is 10.7. The van der Waals surface area contributed by atoms with Crippen LogP contribution in [0, 0.1) is 13.8 Å². The first kappa shape index (κ1) is 23.7. The minimum absolute atomic E-state index is 0.178. The molecular weight excluding hydrogens is 564 g/mol. The van der Waals surface area contributed by atoms with Crippen LogP contribution in [0.25, 0.3) is 10.9 Å². The summed E-state index contributed by atoms with van der Waals surface area (Å²) in [6.45, 7) is 3.88. The lowest BCUT2D eigenvalue weighted by Gasteiger charge is -2.14. The van der Waals surface area contributed by atoms with E-state index in [1.807, 2.05) is 38.1 Å². The highest BCUT2D eigenvalue weighted by Crippen LogP contribution is 2.25. The van der Waals surface area contributed by atoms with Crippen LogP contribution in [0.15, 0.2) is 75.7 Å². The number of nitrogens with zero attached hydrogens (tertiary/aromatic N) is 1. The molecule has 34 heavy (non-hydrogen) atoms. The Morgan fingerprint density at radius 3 is 2.29 bits per heavy atom. The molecule has 0 spiro atoms. The molecule has 0 unspecified atom stereocenters. The number of anilines is 2. The average Bonchev–Trinajstić information content (AvgIpc) is 3.14. The van der Waals surface area contributed by atoms with Crippen molar-refractivity contribution in [2.45, 2.75) is 13.8 Å². The molecule has 0 radical (unpaired) electrons. The first-order valence-corrected chi connectivity index (χ1v) is 11.9. The molecule has 1 aromatic heterocycles. The second kappa shape index (κ2) is 9.82. The van der Waals surface area contributed by atoms with Gasteiger partial charge in [0.25, 0.3) is 5.91 Å². The van der Waals surface area contributed by atoms with Gasteiger partial charge in [0, 0.05) is 25.7 Å². The number of nitrogens with one attached hydrogen (secondary N) is 3. The summed E-state index contributed by atoms with van der Waals surface area (Å²) >= 11 is 6.75. The van der Waals surface area contributed by atoms with Gasteiger partial charge in [0.1, 0.15) is 5.69 Å². The molecule has 0 bridgehead atoms. The monoisotopic (exact) mass is 582 g/mol. The van der Waals surface area contributed by atoms with Gasteiger partial charge in [-0.3, -0.25) is 19.8 Å². The van der Waals surface area contributed by atoms with E-state index in [1.54, 1.807) is 42.5 Å². The van der Waals surface area contributed by atoms with Gasteiger partial charge in [0.2, 0.25) is 0 Å². The third kappa shape index (κ3) is 5.05. The van der Waals surface area contributed by atoms with Crippen LogP contribution in [-0.4, -0.2) is 22.4 Å². The van der Waals surface area contributed by atoms with Crippen LogP contribution in [0.2, 0.25) is 0 Å². The highest BCUT2D eigenvalue weighted by molar-refractivity contribution is 9.10. The molecule has 0 aliphatic heterocycles. The van der Waals surface area contributed by atoms with Gasteiger partial charge in [-0.1, -0.05) is 50.1 Å². The summed E-state index contributed by atoms with van der Waals surface area (Å²) in [5, 5.41) is 6.17. The number of benzene rings is 3. The van der Waals surface area contributed by atoms with Crippen molar-refractivity contribution in [2.24, 2.45) is 0 Å². The van der Waals surface area contributed by atoms with E-state index in [1.165, 1.54) is 4.68 Å². The predicted molar refractivity (Wildman–Crippen MR) is 141 cm³/mol. The Morgan fingerprint density at radius 1 is 0.794 bits per heavy atom. The first-order valence-electron chi connectivity index (χ1n) is 10.3. The molecule has 0 aliphatic carbocycles. The Labute approximate surface area is 212 Å². The number of fused-ring (bicyclic) bond motifs is 1. The first-order chi connectivity index (χ1) is 16.2. The van der Waals surface area contributed by atoms with E-state index >= 15 is 0 Å². The molecule has 7 nitrogen and oxygen atoms in total. The third-order valence-electron chi connectivity index (χ3n) is 5.35. The van der Waals surface area contributed by atoms with E-state index in [0.717, 1.165) is 20.1 Å². The highest BCUT2D eigenvalue weighted by atomic mass is 79.9. The van der Waals surface area contributed by atoms with Crippen molar-refractivity contribution in [3.05, 3.63) is 92.5 Å². The zero-order valence-electron chi connectivity index (χ0n) is 18.3. The van der Waals surface area contributed by atoms with E-state index in [4.69, 9.17) is 0 Å². The maximum Gasteiger partial charge on any atom is 0.328 e. The molecule has 4 rings (SSSR count). The number of aromatic nitrogens is 1. The molecular formula is C25H20Br2N4O3. The van der Waals surface area contributed by atoms with Gasteiger partial charge in [-0.2, -0.15) is 0 Å². The quantitative estimate of drug-likeness (QED) is 0.267. The van der Waals surface area contributed by atoms with E-state index < -0.39 is 17.7 Å². The van der Waals surface area contributed by atoms with Gasteiger partial charge in [-0.05, 0) is 73.5 Å². The van der Waals surface area contributed by atoms with E-state index in [9.17, 15) is 14.4 Å². The van der Waals surface area contributed by atoms with Crippen molar-refractivity contribution in [3.63, 3.8) is 0 Å². The number of carbonyl (C=O) groups is 3. The molecule has 172 valence electrons. The summed E-state index contributed by atoms with van der Waals surface area (Å²) in [6.07, 6.45) is 0. The van der Waals surface area contributed by atoms with Crippen LogP contribution in [0.5, 0.6) is 0 Å². The number of aryl methyl sites for hydroxylation is 1. The number of carbonyl (C=O) groups excluding carboxylic acids is 3. The highest BCUT2D eigenvalue weighted by Gasteiger charge is 2.21. The molecule has 0 atom stereocenters. The van der Waals surface area contributed by atoms with E-state index in [-0.39, 0.29) is 5.69 Å². The van der Waals surface area contributed by atoms with Crippen LogP contribution < -0.4 is 16.1 Å². The number of hydrogen-bond donors (Lipinski definition) is 3. The van der Waals surface area contributed by atoms with Gasteiger partial charge < -0.3 is 10.6 Å². The van der Waals surface area contributed by atoms with E-state index in [0.29, 0.717) is 22.3 Å². The van der Waals surface area contributed by atoms with Crippen molar-refractivity contribution in [1.29, 1.82) is 0 Å². The number of rotatable bonds is 4. The Balaban J connectivity index is 1.65. The van der Waals surface area contributed by atoms with E-state index in [2.05, 4.69) is 47.9 Å². The molecule has 1 heterocycles. The zero-order valence-corrected chi connectivity index (χ0v) is 21.5. The molecule has 0 saturated carbocycles. The smallest absolute Gasteiger partial charge is 0.320 e. The fraction of sp³-hybridized carbons (Fsp3) is 0.0800. The fourth-order valence-electron chi connectivity index (χ4n) is 3.45. The second-order valence-electron chi connectivity index (χ2n) is 7.68. The summed E-state index contributed by atoms with van der Waals surface area (Å²) in [5.74, 6) is -2.20. The number of halogens is 2. The molecule has 0 saturated heterocycles. The van der Waals surface area contributed by atoms with Gasteiger partial charge in [0.05, 0.1) is 5.52 Å². The number of hydrogen-bond acceptors (Lipinski definition) is 3. The van der Waals surface area contributed by atoms with Gasteiger partial charge in [0.15, 0.2) is 0 Å². The Bertz CT molecular complexity index is 1450. The maximum absolute atomic E-state index is 13.2. The lowest BCUT2D eigenvalue weighted by Crippen LogP contribution is -2.36. The summed E-state index contributed by atoms with van der Waals surface area (Å²) in [7, 11) is 0. The lowest BCUT2D eigenvalue weighted by molar-refractivity contribution is -0.133. The summed E-state index contributed by atoms with van der Waals surface area (Å²) in [5.41, 5.74) is 6.42. The van der Waals surface area contributed by atoms with Crippen molar-refractivity contribution in [3.8, 4) is 0 Å². The summed E-state index contributed by atoms with van der Waals surface area (Å²) < 4.78 is 2.90. The number of amides is 3. The topological polar surface area (TPSA) is 92.2 Å². The van der Waals surface area contributed by atoms with Gasteiger partial charge in [-0.15, -0.1) is 0 Å². The van der Waals surface area contributed by atoms with Crippen LogP contribution in [0.1, 0.15) is 21.6 Å². The molecule has 3 N–H and O–H groups in total. The van der Waals surface area contributed by atoms with Crippen LogP contribution in [-0.2, 0) is 9.59 Å². The molecule has 9 heteroatoms. The van der Waals surface area contributed by atoms with Gasteiger partial charge >= 0.3 is 11.8 Å². The molecule has 0 fully saturated rings. The van der Waals surface area contributed by atoms with Crippen LogP contribution >= 0.6 is 31.9 Å². The minimum atomic E-state index is -0.916. The Kier molecular flexibility index (Phi) is 6.85. The molecule has 3 amide bonds. The minimum Gasteiger partial charge on any atom is -0.320 e. The SMILES string of the molecule is Cc1cccc(NC(=O)c2cc3cc(Br)ccc3n2NC(=O)C(=O)Nc2cccc(Br)c2)c1C. The van der Waals surface area contributed by atoms with Crippen molar-refractivity contribution < 1.29 is 14.4 Å². The van der Waals surface area contributed by atoms with Crippen LogP contribution in [0.4, 0.5) is 11.4 Å². The third-order valence-corrected chi connectivity index (χ3v) is 6.34. The molecule has 3 aromatic carbocycles. The summed E-state index contributed by atoms with van der Waals surface area (Å²) in [6, 6.07) is 19.6. The van der Waals surface area contributed by atoms with Crippen molar-refractivity contribution in [2.75, 3.05) is 16.1 Å². The fourth-order valence-corrected chi connectivity index (χ4v) is 4.23.